The number of anilines is 1. The standard InChI is InChI=1S/C9H9NO2/c11-6-10-8-4-2-1-3-7(8)5-9(10)12/h1-4,6,9,12H,5H2. The molecule has 62 valence electrons. The van der Waals surface area contributed by atoms with Crippen LogP contribution in [0.2, 0.25) is 0 Å². The first-order valence-corrected chi connectivity index (χ1v) is 3.82. The predicted octanol–water partition coefficient (Wildman–Crippen LogP) is 0.524. The molecule has 1 aromatic carbocycles. The Morgan fingerprint density at radius 2 is 2.25 bits per heavy atom. The van der Waals surface area contributed by atoms with Crippen LogP contribution in [0.1, 0.15) is 5.56 Å². The first-order chi connectivity index (χ1) is 5.83. The smallest absolute Gasteiger partial charge is 0.216 e. The number of rotatable bonds is 1. The van der Waals surface area contributed by atoms with Gasteiger partial charge in [-0.1, -0.05) is 18.2 Å². The van der Waals surface area contributed by atoms with Crippen molar-refractivity contribution >= 4 is 12.1 Å². The van der Waals surface area contributed by atoms with E-state index in [2.05, 4.69) is 0 Å². The highest BCUT2D eigenvalue weighted by Gasteiger charge is 2.26. The summed E-state index contributed by atoms with van der Waals surface area (Å²) < 4.78 is 0. The summed E-state index contributed by atoms with van der Waals surface area (Å²) >= 11 is 0. The van der Waals surface area contributed by atoms with Gasteiger partial charge in [0.25, 0.3) is 0 Å². The molecule has 0 saturated carbocycles. The van der Waals surface area contributed by atoms with Gasteiger partial charge in [0.2, 0.25) is 6.41 Å². The Labute approximate surface area is 70.2 Å². The largest absolute Gasteiger partial charge is 0.373 e. The quantitative estimate of drug-likeness (QED) is 0.613. The van der Waals surface area contributed by atoms with E-state index in [4.69, 9.17) is 0 Å². The number of hydrogen-bond acceptors (Lipinski definition) is 2. The van der Waals surface area contributed by atoms with Gasteiger partial charge in [-0.05, 0) is 11.6 Å². The highest BCUT2D eigenvalue weighted by Crippen LogP contribution is 2.28. The molecule has 1 N–H and O–H groups in total. The topological polar surface area (TPSA) is 40.5 Å². The maximum Gasteiger partial charge on any atom is 0.216 e. The van der Waals surface area contributed by atoms with Crippen LogP contribution >= 0.6 is 0 Å². The molecule has 1 atom stereocenters. The van der Waals surface area contributed by atoms with Crippen LogP contribution in [0.15, 0.2) is 24.3 Å². The second kappa shape index (κ2) is 2.60. The summed E-state index contributed by atoms with van der Waals surface area (Å²) in [5, 5.41) is 9.41. The minimum Gasteiger partial charge on any atom is -0.373 e. The van der Waals surface area contributed by atoms with E-state index in [9.17, 15) is 9.90 Å². The van der Waals surface area contributed by atoms with E-state index < -0.39 is 6.23 Å². The number of aliphatic hydroxyl groups excluding tert-OH is 1. The lowest BCUT2D eigenvalue weighted by Crippen LogP contribution is -2.29. The average Bonchev–Trinajstić information content (AvgIpc) is 2.40. The summed E-state index contributed by atoms with van der Waals surface area (Å²) in [7, 11) is 0. The molecule has 1 heterocycles. The van der Waals surface area contributed by atoms with Crippen molar-refractivity contribution in [2.75, 3.05) is 4.90 Å². The fourth-order valence-electron chi connectivity index (χ4n) is 1.52. The Morgan fingerprint density at radius 1 is 1.50 bits per heavy atom. The van der Waals surface area contributed by atoms with E-state index in [1.807, 2.05) is 24.3 Å². The van der Waals surface area contributed by atoms with Crippen LogP contribution in [-0.2, 0) is 11.2 Å². The number of hydrogen-bond donors (Lipinski definition) is 1. The van der Waals surface area contributed by atoms with Crippen LogP contribution in [-0.4, -0.2) is 17.7 Å². The van der Waals surface area contributed by atoms with Gasteiger partial charge in [-0.25, -0.2) is 0 Å². The molecule has 1 aliphatic rings. The lowest BCUT2D eigenvalue weighted by molar-refractivity contribution is -0.108. The van der Waals surface area contributed by atoms with Crippen molar-refractivity contribution in [3.63, 3.8) is 0 Å². The van der Waals surface area contributed by atoms with Crippen molar-refractivity contribution in [1.82, 2.24) is 0 Å². The zero-order valence-electron chi connectivity index (χ0n) is 6.47. The third-order valence-electron chi connectivity index (χ3n) is 2.11. The Hall–Kier alpha value is -1.35. The van der Waals surface area contributed by atoms with Gasteiger partial charge in [-0.15, -0.1) is 0 Å². The van der Waals surface area contributed by atoms with Crippen LogP contribution < -0.4 is 4.90 Å². The number of fused-ring (bicyclic) bond motifs is 1. The van der Waals surface area contributed by atoms with Crippen molar-refractivity contribution in [1.29, 1.82) is 0 Å². The third kappa shape index (κ3) is 0.905. The Balaban J connectivity index is 2.47. The molecular weight excluding hydrogens is 154 g/mol. The lowest BCUT2D eigenvalue weighted by atomic mass is 10.2. The van der Waals surface area contributed by atoms with Gasteiger partial charge in [-0.2, -0.15) is 0 Å². The number of benzene rings is 1. The summed E-state index contributed by atoms with van der Waals surface area (Å²) in [6.07, 6.45) is 0.519. The molecule has 12 heavy (non-hydrogen) atoms. The molecule has 0 spiro atoms. The van der Waals surface area contributed by atoms with E-state index >= 15 is 0 Å². The maximum absolute atomic E-state index is 10.5. The molecule has 0 aliphatic carbocycles. The van der Waals surface area contributed by atoms with Crippen LogP contribution in [0.5, 0.6) is 0 Å². The Morgan fingerprint density at radius 3 is 3.00 bits per heavy atom. The van der Waals surface area contributed by atoms with E-state index in [-0.39, 0.29) is 0 Å². The third-order valence-corrected chi connectivity index (χ3v) is 2.11. The number of carbonyl (C=O) groups is 1. The minimum atomic E-state index is -0.681. The fraction of sp³-hybridized carbons (Fsp3) is 0.222. The van der Waals surface area contributed by atoms with Crippen molar-refractivity contribution in [3.05, 3.63) is 29.8 Å². The molecule has 3 nitrogen and oxygen atoms in total. The van der Waals surface area contributed by atoms with Gasteiger partial charge in [0, 0.05) is 12.1 Å². The molecule has 0 saturated heterocycles. The number of para-hydroxylation sites is 1. The summed E-state index contributed by atoms with van der Waals surface area (Å²) in [4.78, 5) is 11.9. The summed E-state index contributed by atoms with van der Waals surface area (Å²) in [6, 6.07) is 7.51. The van der Waals surface area contributed by atoms with E-state index in [0.29, 0.717) is 12.8 Å². The van der Waals surface area contributed by atoms with Crippen LogP contribution in [0.4, 0.5) is 5.69 Å². The molecule has 1 aliphatic heterocycles. The first-order valence-electron chi connectivity index (χ1n) is 3.82. The molecule has 2 rings (SSSR count). The molecule has 0 radical (unpaired) electrons. The lowest BCUT2D eigenvalue weighted by Gasteiger charge is -2.14. The molecular formula is C9H9NO2. The second-order valence-corrected chi connectivity index (χ2v) is 2.83. The number of nitrogens with zero attached hydrogens (tertiary/aromatic N) is 1. The SMILES string of the molecule is O=CN1c2ccccc2CC1O. The number of aliphatic hydroxyl groups is 1. The van der Waals surface area contributed by atoms with Crippen LogP contribution in [0.25, 0.3) is 0 Å². The molecule has 3 heteroatoms. The number of amides is 1. The molecule has 1 amide bonds. The Kier molecular flexibility index (Phi) is 1.59. The molecule has 0 bridgehead atoms. The normalized spacial score (nSPS) is 20.8. The van der Waals surface area contributed by atoms with E-state index in [0.717, 1.165) is 11.3 Å². The Bertz CT molecular complexity index is 311. The van der Waals surface area contributed by atoms with Crippen molar-refractivity contribution in [2.24, 2.45) is 0 Å². The fourth-order valence-corrected chi connectivity index (χ4v) is 1.52. The van der Waals surface area contributed by atoms with Crippen molar-refractivity contribution in [2.45, 2.75) is 12.6 Å². The molecule has 1 unspecified atom stereocenters. The summed E-state index contributed by atoms with van der Waals surface area (Å²) in [5.74, 6) is 0. The van der Waals surface area contributed by atoms with Gasteiger partial charge in [0.15, 0.2) is 0 Å². The maximum atomic E-state index is 10.5. The van der Waals surface area contributed by atoms with Gasteiger partial charge >= 0.3 is 0 Å². The summed E-state index contributed by atoms with van der Waals surface area (Å²) in [6.45, 7) is 0. The van der Waals surface area contributed by atoms with Gasteiger partial charge in [0.1, 0.15) is 6.23 Å². The van der Waals surface area contributed by atoms with Gasteiger partial charge in [0.05, 0.1) is 0 Å². The molecule has 0 fully saturated rings. The minimum absolute atomic E-state index is 0.537. The van der Waals surface area contributed by atoms with E-state index in [1.54, 1.807) is 0 Å². The second-order valence-electron chi connectivity index (χ2n) is 2.83. The molecule has 0 aromatic heterocycles. The first kappa shape index (κ1) is 7.31. The summed E-state index contributed by atoms with van der Waals surface area (Å²) in [5.41, 5.74) is 1.84. The number of carbonyl (C=O) groups excluding carboxylic acids is 1. The average molecular weight is 163 g/mol. The van der Waals surface area contributed by atoms with Crippen molar-refractivity contribution in [3.8, 4) is 0 Å². The zero-order chi connectivity index (χ0) is 8.55. The van der Waals surface area contributed by atoms with E-state index in [1.165, 1.54) is 4.90 Å². The molecule has 1 aromatic rings. The van der Waals surface area contributed by atoms with Gasteiger partial charge in [-0.3, -0.25) is 9.69 Å². The monoisotopic (exact) mass is 163 g/mol. The zero-order valence-corrected chi connectivity index (χ0v) is 6.47. The van der Waals surface area contributed by atoms with Gasteiger partial charge < -0.3 is 5.11 Å². The predicted molar refractivity (Wildman–Crippen MR) is 44.7 cm³/mol. The van der Waals surface area contributed by atoms with Crippen LogP contribution in [0, 0.1) is 0 Å². The highest BCUT2D eigenvalue weighted by atomic mass is 16.3. The van der Waals surface area contributed by atoms with Crippen LogP contribution in [0.3, 0.4) is 0 Å². The highest BCUT2D eigenvalue weighted by molar-refractivity contribution is 5.80. The van der Waals surface area contributed by atoms with Crippen molar-refractivity contribution < 1.29 is 9.90 Å².